The van der Waals surface area contributed by atoms with Crippen LogP contribution in [0.1, 0.15) is 36.7 Å². The average Bonchev–Trinajstić information content (AvgIpc) is 2.44. The fraction of sp³-hybridized carbons (Fsp3) is 0.500. The van der Waals surface area contributed by atoms with Crippen LogP contribution < -0.4 is 5.32 Å². The van der Waals surface area contributed by atoms with Gasteiger partial charge in [-0.3, -0.25) is 0 Å². The summed E-state index contributed by atoms with van der Waals surface area (Å²) in [6, 6.07) is 6.35. The van der Waals surface area contributed by atoms with E-state index in [1.807, 2.05) is 6.07 Å². The number of aliphatic hydroxyl groups excluding tert-OH is 1. The van der Waals surface area contributed by atoms with Crippen LogP contribution >= 0.6 is 0 Å². The van der Waals surface area contributed by atoms with Crippen molar-refractivity contribution in [3.8, 4) is 0 Å². The van der Waals surface area contributed by atoms with Crippen molar-refractivity contribution in [2.45, 2.75) is 38.8 Å². The second kappa shape index (κ2) is 7.79. The molecule has 6 heteroatoms. The van der Waals surface area contributed by atoms with Crippen molar-refractivity contribution in [2.75, 3.05) is 13.7 Å². The molecular weight excluding hydrogens is 286 g/mol. The normalized spacial score (nSPS) is 12.4. The maximum absolute atomic E-state index is 11.7. The largest absolute Gasteiger partial charge is 0.465 e. The summed E-state index contributed by atoms with van der Waals surface area (Å²) in [5.41, 5.74) is 0.626. The lowest BCUT2D eigenvalue weighted by Crippen LogP contribution is -2.42. The summed E-state index contributed by atoms with van der Waals surface area (Å²) in [7, 11) is 1.32. The zero-order valence-electron chi connectivity index (χ0n) is 13.4. The summed E-state index contributed by atoms with van der Waals surface area (Å²) in [6.45, 7) is 5.06. The van der Waals surface area contributed by atoms with Crippen molar-refractivity contribution in [3.63, 3.8) is 0 Å². The third-order valence-electron chi connectivity index (χ3n) is 2.77. The SMILES string of the molecule is COC(=O)c1cccc(CC(CO)NC(=O)OC(C)(C)C)c1. The molecule has 0 saturated heterocycles. The lowest BCUT2D eigenvalue weighted by atomic mass is 10.0. The van der Waals surface area contributed by atoms with E-state index < -0.39 is 23.7 Å². The van der Waals surface area contributed by atoms with E-state index in [4.69, 9.17) is 4.74 Å². The van der Waals surface area contributed by atoms with E-state index in [0.717, 1.165) is 5.56 Å². The molecule has 0 aromatic heterocycles. The van der Waals surface area contributed by atoms with E-state index >= 15 is 0 Å². The van der Waals surface area contributed by atoms with Crippen molar-refractivity contribution in [3.05, 3.63) is 35.4 Å². The molecule has 0 saturated carbocycles. The van der Waals surface area contributed by atoms with Crippen LogP contribution in [0.5, 0.6) is 0 Å². The topological polar surface area (TPSA) is 84.9 Å². The Balaban J connectivity index is 2.70. The van der Waals surface area contributed by atoms with Gasteiger partial charge in [-0.15, -0.1) is 0 Å². The molecule has 0 fully saturated rings. The maximum Gasteiger partial charge on any atom is 0.407 e. The number of carbonyl (C=O) groups is 2. The fourth-order valence-corrected chi connectivity index (χ4v) is 1.86. The maximum atomic E-state index is 11.7. The number of nitrogens with one attached hydrogen (secondary N) is 1. The van der Waals surface area contributed by atoms with Gasteiger partial charge < -0.3 is 19.9 Å². The standard InChI is InChI=1S/C16H23NO5/c1-16(2,3)22-15(20)17-13(10-18)9-11-6-5-7-12(8-11)14(19)21-4/h5-8,13,18H,9-10H2,1-4H3,(H,17,20). The quantitative estimate of drug-likeness (QED) is 0.812. The molecule has 0 bridgehead atoms. The Bertz CT molecular complexity index is 522. The Morgan fingerprint density at radius 3 is 2.55 bits per heavy atom. The van der Waals surface area contributed by atoms with Gasteiger partial charge in [0.2, 0.25) is 0 Å². The van der Waals surface area contributed by atoms with Crippen LogP contribution in [0.15, 0.2) is 24.3 Å². The number of methoxy groups -OCH3 is 1. The van der Waals surface area contributed by atoms with Crippen molar-refractivity contribution >= 4 is 12.1 Å². The minimum Gasteiger partial charge on any atom is -0.465 e. The molecule has 0 radical (unpaired) electrons. The lowest BCUT2D eigenvalue weighted by molar-refractivity contribution is 0.0481. The molecule has 22 heavy (non-hydrogen) atoms. The third-order valence-corrected chi connectivity index (χ3v) is 2.77. The molecule has 1 unspecified atom stereocenters. The number of hydrogen-bond acceptors (Lipinski definition) is 5. The molecule has 0 spiro atoms. The van der Waals surface area contributed by atoms with Crippen LogP contribution in [0.4, 0.5) is 4.79 Å². The Morgan fingerprint density at radius 1 is 1.32 bits per heavy atom. The number of hydrogen-bond donors (Lipinski definition) is 2. The zero-order valence-corrected chi connectivity index (χ0v) is 13.4. The second-order valence-corrected chi connectivity index (χ2v) is 5.92. The Labute approximate surface area is 130 Å². The molecule has 1 atom stereocenters. The van der Waals surface area contributed by atoms with Crippen molar-refractivity contribution < 1.29 is 24.2 Å². The minimum absolute atomic E-state index is 0.234. The van der Waals surface area contributed by atoms with Gasteiger partial charge in [-0.1, -0.05) is 12.1 Å². The number of ether oxygens (including phenoxy) is 2. The summed E-state index contributed by atoms with van der Waals surface area (Å²) in [5.74, 6) is -0.428. The Kier molecular flexibility index (Phi) is 6.37. The van der Waals surface area contributed by atoms with E-state index in [1.165, 1.54) is 7.11 Å². The van der Waals surface area contributed by atoms with Crippen molar-refractivity contribution in [2.24, 2.45) is 0 Å². The van der Waals surface area contributed by atoms with Gasteiger partial charge in [-0.05, 0) is 44.9 Å². The summed E-state index contributed by atoms with van der Waals surface area (Å²) < 4.78 is 9.82. The van der Waals surface area contributed by atoms with Crippen LogP contribution in [0.25, 0.3) is 0 Å². The molecule has 0 aliphatic rings. The first kappa shape index (κ1) is 18.0. The van der Waals surface area contributed by atoms with Crippen LogP contribution in [-0.4, -0.2) is 42.5 Å². The molecular formula is C16H23NO5. The highest BCUT2D eigenvalue weighted by molar-refractivity contribution is 5.89. The van der Waals surface area contributed by atoms with Gasteiger partial charge in [0.25, 0.3) is 0 Å². The highest BCUT2D eigenvalue weighted by Gasteiger charge is 2.19. The first-order valence-electron chi connectivity index (χ1n) is 7.03. The number of rotatable bonds is 5. The highest BCUT2D eigenvalue weighted by atomic mass is 16.6. The predicted octanol–water partition coefficient (Wildman–Crippen LogP) is 1.90. The molecule has 0 heterocycles. The van der Waals surface area contributed by atoms with Gasteiger partial charge in [0.05, 0.1) is 25.3 Å². The third kappa shape index (κ3) is 6.13. The van der Waals surface area contributed by atoms with Crippen LogP contribution in [-0.2, 0) is 15.9 Å². The van der Waals surface area contributed by atoms with Gasteiger partial charge in [0, 0.05) is 0 Å². The first-order valence-corrected chi connectivity index (χ1v) is 7.03. The zero-order chi connectivity index (χ0) is 16.8. The number of amides is 1. The van der Waals surface area contributed by atoms with E-state index in [2.05, 4.69) is 10.1 Å². The minimum atomic E-state index is -0.602. The number of alkyl carbamates (subject to hydrolysis) is 1. The monoisotopic (exact) mass is 309 g/mol. The van der Waals surface area contributed by atoms with Gasteiger partial charge in [-0.25, -0.2) is 9.59 Å². The summed E-state index contributed by atoms with van der Waals surface area (Å²) in [4.78, 5) is 23.2. The molecule has 2 N–H and O–H groups in total. The molecule has 1 aromatic carbocycles. The number of carbonyl (C=O) groups excluding carboxylic acids is 2. The molecule has 1 aromatic rings. The van der Waals surface area contributed by atoms with Crippen molar-refractivity contribution in [1.82, 2.24) is 5.32 Å². The van der Waals surface area contributed by atoms with Gasteiger partial charge in [0.15, 0.2) is 0 Å². The van der Waals surface area contributed by atoms with Crippen molar-refractivity contribution in [1.29, 1.82) is 0 Å². The number of benzene rings is 1. The fourth-order valence-electron chi connectivity index (χ4n) is 1.86. The van der Waals surface area contributed by atoms with E-state index in [-0.39, 0.29) is 6.61 Å². The molecule has 122 valence electrons. The van der Waals surface area contributed by atoms with E-state index in [1.54, 1.807) is 39.0 Å². The Morgan fingerprint density at radius 2 is 2.00 bits per heavy atom. The smallest absolute Gasteiger partial charge is 0.407 e. The van der Waals surface area contributed by atoms with E-state index in [9.17, 15) is 14.7 Å². The summed E-state index contributed by atoms with van der Waals surface area (Å²) >= 11 is 0. The van der Waals surface area contributed by atoms with Gasteiger partial charge >= 0.3 is 12.1 Å². The summed E-state index contributed by atoms with van der Waals surface area (Å²) in [5, 5.41) is 12.0. The van der Waals surface area contributed by atoms with Gasteiger partial charge in [-0.2, -0.15) is 0 Å². The average molecular weight is 309 g/mol. The summed E-state index contributed by atoms with van der Waals surface area (Å²) in [6.07, 6.45) is -0.212. The van der Waals surface area contributed by atoms with Crippen LogP contribution in [0.2, 0.25) is 0 Å². The second-order valence-electron chi connectivity index (χ2n) is 5.92. The Hall–Kier alpha value is -2.08. The molecule has 1 rings (SSSR count). The number of aliphatic hydroxyl groups is 1. The van der Waals surface area contributed by atoms with Crippen LogP contribution in [0, 0.1) is 0 Å². The highest BCUT2D eigenvalue weighted by Crippen LogP contribution is 2.10. The molecule has 1 amide bonds. The first-order chi connectivity index (χ1) is 10.2. The number of esters is 1. The molecule has 0 aliphatic heterocycles. The lowest BCUT2D eigenvalue weighted by Gasteiger charge is -2.22. The molecule has 6 nitrogen and oxygen atoms in total. The van der Waals surface area contributed by atoms with E-state index in [0.29, 0.717) is 12.0 Å². The predicted molar refractivity (Wildman–Crippen MR) is 81.7 cm³/mol. The van der Waals surface area contributed by atoms with Gasteiger partial charge in [0.1, 0.15) is 5.60 Å². The van der Waals surface area contributed by atoms with Crippen LogP contribution in [0.3, 0.4) is 0 Å². The molecule has 0 aliphatic carbocycles.